The second-order valence-corrected chi connectivity index (χ2v) is 8.05. The number of benzene rings is 1. The van der Waals surface area contributed by atoms with Crippen molar-refractivity contribution in [3.8, 4) is 0 Å². The molecule has 2 rings (SSSR count). The van der Waals surface area contributed by atoms with Gasteiger partial charge in [-0.2, -0.15) is 0 Å². The molecule has 0 fully saturated rings. The number of rotatable bonds is 5. The fourth-order valence-electron chi connectivity index (χ4n) is 2.51. The molecule has 21 heavy (non-hydrogen) atoms. The zero-order valence-electron chi connectivity index (χ0n) is 13.7. The minimum atomic E-state index is 0.143. The molecule has 0 spiro atoms. The van der Waals surface area contributed by atoms with Gasteiger partial charge >= 0.3 is 0 Å². The smallest absolute Gasteiger partial charge is 0.0896 e. The molecule has 0 saturated carbocycles. The van der Waals surface area contributed by atoms with E-state index < -0.39 is 0 Å². The lowest BCUT2D eigenvalue weighted by molar-refractivity contribution is 0.405. The molecule has 1 N–H and O–H groups in total. The van der Waals surface area contributed by atoms with Gasteiger partial charge in [-0.3, -0.25) is 0 Å². The lowest BCUT2D eigenvalue weighted by atomic mass is 9.90. The second-order valence-electron chi connectivity index (χ2n) is 6.73. The van der Waals surface area contributed by atoms with Gasteiger partial charge < -0.3 is 5.32 Å². The molecule has 0 saturated heterocycles. The highest BCUT2D eigenvalue weighted by Gasteiger charge is 2.18. The summed E-state index contributed by atoms with van der Waals surface area (Å²) in [5.41, 5.74) is 2.96. The third-order valence-electron chi connectivity index (χ3n) is 3.62. The Morgan fingerprint density at radius 3 is 2.48 bits per heavy atom. The maximum atomic E-state index is 4.39. The first kappa shape index (κ1) is 16.2. The lowest BCUT2D eigenvalue weighted by Crippen LogP contribution is -2.39. The number of nitrogens with one attached hydrogen (secondary N) is 1. The normalized spacial score (nSPS) is 13.4. The molecule has 1 aromatic heterocycles. The number of hydrogen-bond acceptors (Lipinski definition) is 3. The Bertz CT molecular complexity index is 581. The summed E-state index contributed by atoms with van der Waals surface area (Å²) in [7, 11) is 0. The van der Waals surface area contributed by atoms with Crippen LogP contribution in [-0.2, 0) is 6.42 Å². The van der Waals surface area contributed by atoms with Crippen LogP contribution in [0.3, 0.4) is 0 Å². The van der Waals surface area contributed by atoms with Crippen molar-refractivity contribution in [1.82, 2.24) is 10.3 Å². The van der Waals surface area contributed by atoms with Crippen LogP contribution in [0.2, 0.25) is 0 Å². The Kier molecular flexibility index (Phi) is 5.17. The van der Waals surface area contributed by atoms with Crippen LogP contribution >= 0.6 is 11.3 Å². The van der Waals surface area contributed by atoms with Gasteiger partial charge in [0.15, 0.2) is 0 Å². The van der Waals surface area contributed by atoms with Crippen molar-refractivity contribution >= 4 is 11.3 Å². The summed E-state index contributed by atoms with van der Waals surface area (Å²) in [4.78, 5) is 5.76. The van der Waals surface area contributed by atoms with E-state index in [4.69, 9.17) is 0 Å². The van der Waals surface area contributed by atoms with Crippen molar-refractivity contribution in [3.63, 3.8) is 0 Å². The first-order chi connectivity index (χ1) is 9.85. The number of thiazole rings is 1. The lowest BCUT2D eigenvalue weighted by Gasteiger charge is -2.26. The summed E-state index contributed by atoms with van der Waals surface area (Å²) in [6, 6.07) is 8.73. The Balaban J connectivity index is 2.19. The van der Waals surface area contributed by atoms with Crippen LogP contribution in [0.15, 0.2) is 30.5 Å². The van der Waals surface area contributed by atoms with Crippen LogP contribution in [-0.4, -0.2) is 17.1 Å². The van der Waals surface area contributed by atoms with Crippen LogP contribution in [0.5, 0.6) is 0 Å². The molecule has 0 bridgehead atoms. The second kappa shape index (κ2) is 6.71. The molecule has 2 aromatic rings. The van der Waals surface area contributed by atoms with Crippen LogP contribution in [0.25, 0.3) is 0 Å². The first-order valence-corrected chi connectivity index (χ1v) is 8.38. The number of aromatic nitrogens is 1. The van der Waals surface area contributed by atoms with Crippen molar-refractivity contribution in [3.05, 3.63) is 51.5 Å². The highest BCUT2D eigenvalue weighted by Crippen LogP contribution is 2.26. The number of aryl methyl sites for hydroxylation is 2. The summed E-state index contributed by atoms with van der Waals surface area (Å²) in [5.74, 6) is 0.491. The first-order valence-electron chi connectivity index (χ1n) is 7.57. The molecule has 1 atom stereocenters. The van der Waals surface area contributed by atoms with Crippen LogP contribution in [0.1, 0.15) is 47.7 Å². The molecule has 1 unspecified atom stereocenters. The van der Waals surface area contributed by atoms with Gasteiger partial charge in [-0.15, -0.1) is 11.3 Å². The molecule has 0 aliphatic heterocycles. The minimum absolute atomic E-state index is 0.143. The van der Waals surface area contributed by atoms with Crippen molar-refractivity contribution in [1.29, 1.82) is 0 Å². The molecular formula is C18H26N2S. The average molecular weight is 302 g/mol. The van der Waals surface area contributed by atoms with Crippen LogP contribution in [0.4, 0.5) is 0 Å². The summed E-state index contributed by atoms with van der Waals surface area (Å²) in [6.07, 6.45) is 3.09. The molecule has 0 aliphatic carbocycles. The quantitative estimate of drug-likeness (QED) is 0.881. The Labute approximate surface area is 132 Å². The molecular weight excluding hydrogens is 276 g/mol. The predicted octanol–water partition coefficient (Wildman–Crippen LogP) is 4.47. The Hall–Kier alpha value is -1.19. The maximum Gasteiger partial charge on any atom is 0.0896 e. The summed E-state index contributed by atoms with van der Waals surface area (Å²) in [5, 5.41) is 4.81. The van der Waals surface area contributed by atoms with E-state index >= 15 is 0 Å². The van der Waals surface area contributed by atoms with E-state index in [0.29, 0.717) is 5.92 Å². The van der Waals surface area contributed by atoms with E-state index in [9.17, 15) is 0 Å². The SMILES string of the molecule is Cc1ncc(CC(CNC(C)(C)C)c2ccccc2C)s1. The summed E-state index contributed by atoms with van der Waals surface area (Å²) >= 11 is 1.81. The van der Waals surface area contributed by atoms with Gasteiger partial charge in [-0.05, 0) is 52.2 Å². The monoisotopic (exact) mass is 302 g/mol. The number of hydrogen-bond donors (Lipinski definition) is 1. The van der Waals surface area contributed by atoms with Crippen LogP contribution in [0, 0.1) is 13.8 Å². The summed E-state index contributed by atoms with van der Waals surface area (Å²) in [6.45, 7) is 11.9. The van der Waals surface area contributed by atoms with Crippen molar-refractivity contribution in [2.45, 2.75) is 52.5 Å². The fourth-order valence-corrected chi connectivity index (χ4v) is 3.38. The van der Waals surface area contributed by atoms with Gasteiger partial charge in [0.1, 0.15) is 0 Å². The molecule has 1 aromatic carbocycles. The maximum absolute atomic E-state index is 4.39. The standard InChI is InChI=1S/C18H26N2S/c1-13-8-6-7-9-17(13)15(11-20-18(3,4)5)10-16-12-19-14(2)21-16/h6-9,12,15,20H,10-11H2,1-5H3. The van der Waals surface area contributed by atoms with E-state index in [0.717, 1.165) is 18.0 Å². The number of nitrogens with zero attached hydrogens (tertiary/aromatic N) is 1. The van der Waals surface area contributed by atoms with E-state index in [-0.39, 0.29) is 5.54 Å². The van der Waals surface area contributed by atoms with Gasteiger partial charge in [0.05, 0.1) is 5.01 Å². The molecule has 3 heteroatoms. The Morgan fingerprint density at radius 2 is 1.90 bits per heavy atom. The largest absolute Gasteiger partial charge is 0.311 e. The molecule has 1 heterocycles. The topological polar surface area (TPSA) is 24.9 Å². The fraction of sp³-hybridized carbons (Fsp3) is 0.500. The highest BCUT2D eigenvalue weighted by atomic mass is 32.1. The third kappa shape index (κ3) is 4.94. The van der Waals surface area contributed by atoms with Crippen molar-refractivity contribution in [2.24, 2.45) is 0 Å². The summed E-state index contributed by atoms with van der Waals surface area (Å²) < 4.78 is 0. The molecule has 0 amide bonds. The molecule has 0 radical (unpaired) electrons. The van der Waals surface area contributed by atoms with Crippen LogP contribution < -0.4 is 5.32 Å². The van der Waals surface area contributed by atoms with E-state index in [2.05, 4.69) is 69.2 Å². The molecule has 114 valence electrons. The van der Waals surface area contributed by atoms with Gasteiger partial charge in [-0.1, -0.05) is 24.3 Å². The van der Waals surface area contributed by atoms with E-state index in [1.54, 1.807) is 0 Å². The van der Waals surface area contributed by atoms with E-state index in [1.165, 1.54) is 16.0 Å². The zero-order chi connectivity index (χ0) is 15.5. The predicted molar refractivity (Wildman–Crippen MR) is 92.2 cm³/mol. The average Bonchev–Trinajstić information content (AvgIpc) is 2.80. The van der Waals surface area contributed by atoms with Crippen molar-refractivity contribution < 1.29 is 0 Å². The van der Waals surface area contributed by atoms with Gasteiger partial charge in [0, 0.05) is 29.1 Å². The highest BCUT2D eigenvalue weighted by molar-refractivity contribution is 7.11. The van der Waals surface area contributed by atoms with E-state index in [1.807, 2.05) is 17.5 Å². The minimum Gasteiger partial charge on any atom is -0.311 e. The van der Waals surface area contributed by atoms with Crippen molar-refractivity contribution in [2.75, 3.05) is 6.54 Å². The zero-order valence-corrected chi connectivity index (χ0v) is 14.6. The van der Waals surface area contributed by atoms with Gasteiger partial charge in [0.2, 0.25) is 0 Å². The Morgan fingerprint density at radius 1 is 1.19 bits per heavy atom. The third-order valence-corrected chi connectivity index (χ3v) is 4.56. The molecule has 0 aliphatic rings. The van der Waals surface area contributed by atoms with Gasteiger partial charge in [-0.25, -0.2) is 4.98 Å². The molecule has 2 nitrogen and oxygen atoms in total. The van der Waals surface area contributed by atoms with Gasteiger partial charge in [0.25, 0.3) is 0 Å².